The van der Waals surface area contributed by atoms with E-state index in [4.69, 9.17) is 4.74 Å². The van der Waals surface area contributed by atoms with Crippen LogP contribution in [-0.2, 0) is 9.53 Å². The summed E-state index contributed by atoms with van der Waals surface area (Å²) >= 11 is 0. The lowest BCUT2D eigenvalue weighted by atomic mass is 9.86. The minimum absolute atomic E-state index is 0.0618. The first-order valence-electron chi connectivity index (χ1n) is 8.43. The monoisotopic (exact) mass is 308 g/mol. The van der Waals surface area contributed by atoms with Crippen LogP contribution in [0.4, 0.5) is 4.39 Å². The number of benzene rings is 1. The largest absolute Gasteiger partial charge is 0.463 e. The number of hydrogen-bond acceptors (Lipinski definition) is 2. The first-order chi connectivity index (χ1) is 10.5. The number of aryl methyl sites for hydroxylation is 1. The highest BCUT2D eigenvalue weighted by atomic mass is 19.1. The molecule has 1 aromatic carbocycles. The highest BCUT2D eigenvalue weighted by molar-refractivity contribution is 5.69. The number of rotatable bonds is 4. The predicted molar refractivity (Wildman–Crippen MR) is 88.2 cm³/mol. The van der Waals surface area contributed by atoms with Crippen molar-refractivity contribution in [1.29, 1.82) is 0 Å². The average Bonchev–Trinajstić information content (AvgIpc) is 2.48. The summed E-state index contributed by atoms with van der Waals surface area (Å²) in [6.45, 7) is 5.72. The topological polar surface area (TPSA) is 26.3 Å². The Labute approximate surface area is 134 Å². The van der Waals surface area contributed by atoms with Gasteiger partial charge in [-0.2, -0.15) is 0 Å². The molecule has 1 aliphatic carbocycles. The van der Waals surface area contributed by atoms with E-state index in [1.165, 1.54) is 44.2 Å². The molecule has 124 valence electrons. The van der Waals surface area contributed by atoms with Gasteiger partial charge in [-0.25, -0.2) is 4.39 Å². The summed E-state index contributed by atoms with van der Waals surface area (Å²) in [5.74, 6) is 0.571. The second kappa shape index (κ2) is 10.4. The van der Waals surface area contributed by atoms with Gasteiger partial charge >= 0.3 is 5.97 Å². The molecule has 1 atom stereocenters. The van der Waals surface area contributed by atoms with Crippen molar-refractivity contribution < 1.29 is 13.9 Å². The van der Waals surface area contributed by atoms with Crippen LogP contribution in [0.3, 0.4) is 0 Å². The van der Waals surface area contributed by atoms with Gasteiger partial charge in [-0.05, 0) is 43.9 Å². The Morgan fingerprint density at radius 3 is 2.50 bits per heavy atom. The maximum Gasteiger partial charge on any atom is 0.305 e. The molecule has 1 fully saturated rings. The number of carbonyl (C=O) groups excluding carboxylic acids is 1. The first-order valence-corrected chi connectivity index (χ1v) is 8.43. The van der Waals surface area contributed by atoms with Crippen molar-refractivity contribution >= 4 is 5.97 Å². The fraction of sp³-hybridized carbons (Fsp3) is 0.632. The molecule has 0 bridgehead atoms. The molecule has 0 heterocycles. The van der Waals surface area contributed by atoms with Crippen LogP contribution in [0.2, 0.25) is 0 Å². The summed E-state index contributed by atoms with van der Waals surface area (Å²) in [7, 11) is 0. The van der Waals surface area contributed by atoms with Crippen molar-refractivity contribution in [3.05, 3.63) is 35.6 Å². The van der Waals surface area contributed by atoms with Gasteiger partial charge < -0.3 is 4.74 Å². The number of hydrogen-bond donors (Lipinski definition) is 0. The molecular formula is C19H29FO2. The Hall–Kier alpha value is -1.38. The van der Waals surface area contributed by atoms with E-state index in [2.05, 4.69) is 0 Å². The van der Waals surface area contributed by atoms with Crippen molar-refractivity contribution in [2.45, 2.75) is 71.8 Å². The molecule has 3 heteroatoms. The van der Waals surface area contributed by atoms with Crippen LogP contribution < -0.4 is 0 Å². The number of esters is 1. The predicted octanol–water partition coefficient (Wildman–Crippen LogP) is 5.43. The first kappa shape index (κ1) is 18.7. The number of carbonyl (C=O) groups is 1. The zero-order chi connectivity index (χ0) is 16.4. The van der Waals surface area contributed by atoms with Crippen LogP contribution in [0.15, 0.2) is 24.3 Å². The van der Waals surface area contributed by atoms with Gasteiger partial charge in [0, 0.05) is 6.42 Å². The van der Waals surface area contributed by atoms with Crippen molar-refractivity contribution in [2.24, 2.45) is 5.92 Å². The Morgan fingerprint density at radius 2 is 2.00 bits per heavy atom. The van der Waals surface area contributed by atoms with Crippen LogP contribution in [0.1, 0.15) is 64.4 Å². The highest BCUT2D eigenvalue weighted by Gasteiger charge is 2.18. The molecule has 0 aromatic heterocycles. The lowest BCUT2D eigenvalue weighted by molar-refractivity contribution is -0.148. The zero-order valence-corrected chi connectivity index (χ0v) is 14.1. The standard InChI is InChI=1S/C12H22O2.C7H7F/c1-3-12(13)14-10(2)9-11-7-5-4-6-8-11;1-6-3-2-4-7(8)5-6/h10-11H,3-9H2,1-2H3;2-5H,1H3. The average molecular weight is 308 g/mol. The van der Waals surface area contributed by atoms with E-state index in [1.54, 1.807) is 6.07 Å². The molecule has 22 heavy (non-hydrogen) atoms. The van der Waals surface area contributed by atoms with E-state index < -0.39 is 0 Å². The van der Waals surface area contributed by atoms with Crippen molar-refractivity contribution in [3.8, 4) is 0 Å². The quantitative estimate of drug-likeness (QED) is 0.693. The highest BCUT2D eigenvalue weighted by Crippen LogP contribution is 2.27. The molecule has 0 radical (unpaired) electrons. The van der Waals surface area contributed by atoms with Gasteiger partial charge in [-0.3, -0.25) is 4.79 Å². The summed E-state index contributed by atoms with van der Waals surface area (Å²) in [5, 5.41) is 0. The van der Waals surface area contributed by atoms with E-state index in [9.17, 15) is 9.18 Å². The SMILES string of the molecule is CCC(=O)OC(C)CC1CCCCC1.Cc1cccc(F)c1. The second-order valence-electron chi connectivity index (χ2n) is 6.19. The zero-order valence-electron chi connectivity index (χ0n) is 14.1. The van der Waals surface area contributed by atoms with Gasteiger partial charge in [0.25, 0.3) is 0 Å². The fourth-order valence-corrected chi connectivity index (χ4v) is 2.85. The molecule has 1 saturated carbocycles. The summed E-state index contributed by atoms with van der Waals surface area (Å²) in [5.41, 5.74) is 0.963. The Kier molecular flexibility index (Phi) is 8.79. The molecule has 0 N–H and O–H groups in total. The lowest BCUT2D eigenvalue weighted by Crippen LogP contribution is -2.19. The normalized spacial score (nSPS) is 16.4. The molecule has 0 aliphatic heterocycles. The molecular weight excluding hydrogens is 279 g/mol. The molecule has 1 unspecified atom stereocenters. The van der Waals surface area contributed by atoms with E-state index in [-0.39, 0.29) is 17.9 Å². The Balaban J connectivity index is 0.000000255. The summed E-state index contributed by atoms with van der Waals surface area (Å²) in [6, 6.07) is 6.50. The van der Waals surface area contributed by atoms with Crippen molar-refractivity contribution in [3.63, 3.8) is 0 Å². The van der Waals surface area contributed by atoms with Gasteiger partial charge in [-0.1, -0.05) is 51.2 Å². The van der Waals surface area contributed by atoms with E-state index in [0.717, 1.165) is 17.9 Å². The summed E-state index contributed by atoms with van der Waals surface area (Å²) in [6.07, 6.45) is 8.44. The maximum atomic E-state index is 12.2. The van der Waals surface area contributed by atoms with E-state index >= 15 is 0 Å². The fourth-order valence-electron chi connectivity index (χ4n) is 2.85. The van der Waals surface area contributed by atoms with E-state index in [0.29, 0.717) is 6.42 Å². The Bertz CT molecular complexity index is 422. The minimum atomic E-state index is -0.162. The molecule has 0 spiro atoms. The number of ether oxygens (including phenoxy) is 1. The Morgan fingerprint density at radius 1 is 1.32 bits per heavy atom. The third kappa shape index (κ3) is 8.16. The summed E-state index contributed by atoms with van der Waals surface area (Å²) < 4.78 is 17.4. The van der Waals surface area contributed by atoms with Crippen LogP contribution in [0, 0.1) is 18.7 Å². The van der Waals surface area contributed by atoms with Crippen LogP contribution >= 0.6 is 0 Å². The van der Waals surface area contributed by atoms with Crippen molar-refractivity contribution in [2.75, 3.05) is 0 Å². The maximum absolute atomic E-state index is 12.2. The molecule has 2 rings (SSSR count). The van der Waals surface area contributed by atoms with Gasteiger partial charge in [0.05, 0.1) is 6.10 Å². The number of halogens is 1. The molecule has 0 amide bonds. The van der Waals surface area contributed by atoms with Crippen LogP contribution in [0.25, 0.3) is 0 Å². The third-order valence-electron chi connectivity index (χ3n) is 3.99. The van der Waals surface area contributed by atoms with Crippen LogP contribution in [0.5, 0.6) is 0 Å². The molecule has 1 aromatic rings. The van der Waals surface area contributed by atoms with E-state index in [1.807, 2.05) is 26.8 Å². The summed E-state index contributed by atoms with van der Waals surface area (Å²) in [4.78, 5) is 11.0. The molecule has 1 aliphatic rings. The van der Waals surface area contributed by atoms with Gasteiger partial charge in [-0.15, -0.1) is 0 Å². The van der Waals surface area contributed by atoms with Crippen LogP contribution in [-0.4, -0.2) is 12.1 Å². The third-order valence-corrected chi connectivity index (χ3v) is 3.99. The smallest absolute Gasteiger partial charge is 0.305 e. The lowest BCUT2D eigenvalue weighted by Gasteiger charge is -2.24. The van der Waals surface area contributed by atoms with Gasteiger partial charge in [0.1, 0.15) is 5.82 Å². The van der Waals surface area contributed by atoms with Crippen molar-refractivity contribution in [1.82, 2.24) is 0 Å². The second-order valence-corrected chi connectivity index (χ2v) is 6.19. The molecule has 0 saturated heterocycles. The van der Waals surface area contributed by atoms with Gasteiger partial charge in [0.15, 0.2) is 0 Å². The van der Waals surface area contributed by atoms with Gasteiger partial charge in [0.2, 0.25) is 0 Å². The minimum Gasteiger partial charge on any atom is -0.463 e. The molecule has 2 nitrogen and oxygen atoms in total.